The minimum atomic E-state index is -4.64. The van der Waals surface area contributed by atoms with Crippen molar-refractivity contribution in [2.24, 2.45) is 0 Å². The van der Waals surface area contributed by atoms with Crippen LogP contribution in [0.1, 0.15) is 17.6 Å². The molecule has 0 bridgehead atoms. The smallest absolute Gasteiger partial charge is 0.449 e. The standard InChI is InChI=1S/C8H7F3O4/c1-14-7(13)6(12)4-2-3-5(15-4)8(9,10)11/h2-3,6,12H,1H3. The fourth-order valence-electron chi connectivity index (χ4n) is 0.880. The zero-order valence-corrected chi connectivity index (χ0v) is 7.54. The van der Waals surface area contributed by atoms with Crippen LogP contribution >= 0.6 is 0 Å². The van der Waals surface area contributed by atoms with Gasteiger partial charge >= 0.3 is 12.1 Å². The number of furan rings is 1. The molecular weight excluding hydrogens is 217 g/mol. The molecule has 0 amide bonds. The summed E-state index contributed by atoms with van der Waals surface area (Å²) in [6.07, 6.45) is -6.49. The van der Waals surface area contributed by atoms with Gasteiger partial charge in [0.25, 0.3) is 0 Å². The van der Waals surface area contributed by atoms with Crippen LogP contribution in [0.3, 0.4) is 0 Å². The summed E-state index contributed by atoms with van der Waals surface area (Å²) in [5, 5.41) is 9.13. The minimum absolute atomic E-state index is 0.505. The van der Waals surface area contributed by atoms with E-state index in [1.54, 1.807) is 0 Å². The number of halogens is 3. The second kappa shape index (κ2) is 3.93. The van der Waals surface area contributed by atoms with Gasteiger partial charge in [-0.15, -0.1) is 0 Å². The van der Waals surface area contributed by atoms with Gasteiger partial charge < -0.3 is 14.3 Å². The van der Waals surface area contributed by atoms with Crippen LogP contribution in [0.4, 0.5) is 13.2 Å². The van der Waals surface area contributed by atoms with Crippen LogP contribution in [0.25, 0.3) is 0 Å². The van der Waals surface area contributed by atoms with Gasteiger partial charge in [-0.25, -0.2) is 4.79 Å². The molecule has 0 aromatic carbocycles. The number of alkyl halides is 3. The summed E-state index contributed by atoms with van der Waals surface area (Å²) >= 11 is 0. The number of aliphatic hydroxyl groups excluding tert-OH is 1. The Labute approximate surface area is 82.3 Å². The zero-order valence-electron chi connectivity index (χ0n) is 7.54. The third-order valence-corrected chi connectivity index (χ3v) is 1.60. The number of esters is 1. The van der Waals surface area contributed by atoms with E-state index in [4.69, 9.17) is 5.11 Å². The van der Waals surface area contributed by atoms with Gasteiger partial charge in [-0.2, -0.15) is 13.2 Å². The van der Waals surface area contributed by atoms with Crippen LogP contribution in [-0.2, 0) is 15.7 Å². The minimum Gasteiger partial charge on any atom is -0.467 e. The van der Waals surface area contributed by atoms with Crippen LogP contribution in [0.2, 0.25) is 0 Å². The highest BCUT2D eigenvalue weighted by molar-refractivity contribution is 5.75. The van der Waals surface area contributed by atoms with Crippen molar-refractivity contribution in [3.8, 4) is 0 Å². The summed E-state index contributed by atoms with van der Waals surface area (Å²) < 4.78 is 44.6. The first-order valence-corrected chi connectivity index (χ1v) is 3.79. The van der Waals surface area contributed by atoms with E-state index >= 15 is 0 Å². The van der Waals surface area contributed by atoms with Gasteiger partial charge in [0.1, 0.15) is 5.76 Å². The van der Waals surface area contributed by atoms with Crippen LogP contribution in [-0.4, -0.2) is 18.2 Å². The van der Waals surface area contributed by atoms with Crippen molar-refractivity contribution < 1.29 is 32.2 Å². The van der Waals surface area contributed by atoms with E-state index in [0.717, 1.165) is 13.2 Å². The Kier molecular flexibility index (Phi) is 3.04. The number of aliphatic hydroxyl groups is 1. The van der Waals surface area contributed by atoms with Crippen LogP contribution in [0.5, 0.6) is 0 Å². The molecule has 1 atom stereocenters. The zero-order chi connectivity index (χ0) is 11.6. The monoisotopic (exact) mass is 224 g/mol. The fourth-order valence-corrected chi connectivity index (χ4v) is 0.880. The first kappa shape index (κ1) is 11.6. The maximum absolute atomic E-state index is 12.1. The van der Waals surface area contributed by atoms with E-state index in [1.807, 2.05) is 0 Å². The Morgan fingerprint density at radius 2 is 2.13 bits per heavy atom. The molecule has 0 fully saturated rings. The quantitative estimate of drug-likeness (QED) is 0.773. The second-order valence-electron chi connectivity index (χ2n) is 2.63. The summed E-state index contributed by atoms with van der Waals surface area (Å²) in [7, 11) is 0.999. The van der Waals surface area contributed by atoms with Gasteiger partial charge in [-0.3, -0.25) is 0 Å². The number of carbonyl (C=O) groups excluding carboxylic acids is 1. The Balaban J connectivity index is 2.89. The van der Waals surface area contributed by atoms with Crippen molar-refractivity contribution in [3.63, 3.8) is 0 Å². The molecule has 1 unspecified atom stereocenters. The molecule has 0 radical (unpaired) electrons. The predicted molar refractivity (Wildman–Crippen MR) is 40.7 cm³/mol. The number of hydrogen-bond acceptors (Lipinski definition) is 4. The second-order valence-corrected chi connectivity index (χ2v) is 2.63. The van der Waals surface area contributed by atoms with Crippen molar-refractivity contribution in [2.45, 2.75) is 12.3 Å². The lowest BCUT2D eigenvalue weighted by molar-refractivity contribution is -0.158. The van der Waals surface area contributed by atoms with Crippen molar-refractivity contribution in [2.75, 3.05) is 7.11 Å². The number of carbonyl (C=O) groups is 1. The number of methoxy groups -OCH3 is 1. The molecule has 0 saturated carbocycles. The van der Waals surface area contributed by atoms with Gasteiger partial charge in [0, 0.05) is 0 Å². The molecule has 1 aromatic rings. The molecule has 1 heterocycles. The molecule has 84 valence electrons. The lowest BCUT2D eigenvalue weighted by Crippen LogP contribution is -2.12. The van der Waals surface area contributed by atoms with Gasteiger partial charge in [0.05, 0.1) is 7.11 Å². The molecule has 1 aromatic heterocycles. The van der Waals surface area contributed by atoms with E-state index in [0.29, 0.717) is 6.07 Å². The maximum atomic E-state index is 12.1. The molecule has 0 aliphatic heterocycles. The Hall–Kier alpha value is -1.50. The highest BCUT2D eigenvalue weighted by atomic mass is 19.4. The first-order valence-electron chi connectivity index (χ1n) is 3.79. The van der Waals surface area contributed by atoms with Crippen LogP contribution < -0.4 is 0 Å². The summed E-state index contributed by atoms with van der Waals surface area (Å²) in [4.78, 5) is 10.8. The van der Waals surface area contributed by atoms with E-state index in [-0.39, 0.29) is 0 Å². The van der Waals surface area contributed by atoms with Gasteiger partial charge in [0.15, 0.2) is 0 Å². The van der Waals surface area contributed by atoms with Gasteiger partial charge in [-0.05, 0) is 12.1 Å². The molecule has 15 heavy (non-hydrogen) atoms. The fraction of sp³-hybridized carbons (Fsp3) is 0.375. The summed E-state index contributed by atoms with van der Waals surface area (Å²) in [6, 6.07) is 1.49. The Bertz CT molecular complexity index is 355. The SMILES string of the molecule is COC(=O)C(O)c1ccc(C(F)(F)F)o1. The maximum Gasteiger partial charge on any atom is 0.449 e. The summed E-state index contributed by atoms with van der Waals surface area (Å²) in [6.45, 7) is 0. The molecule has 4 nitrogen and oxygen atoms in total. The van der Waals surface area contributed by atoms with Gasteiger partial charge in [0.2, 0.25) is 11.9 Å². The molecule has 0 spiro atoms. The third-order valence-electron chi connectivity index (χ3n) is 1.60. The highest BCUT2D eigenvalue weighted by Gasteiger charge is 2.36. The molecule has 0 aliphatic carbocycles. The van der Waals surface area contributed by atoms with E-state index in [2.05, 4.69) is 9.15 Å². The highest BCUT2D eigenvalue weighted by Crippen LogP contribution is 2.32. The van der Waals surface area contributed by atoms with E-state index in [1.165, 1.54) is 0 Å². The normalized spacial score (nSPS) is 13.7. The predicted octanol–water partition coefficient (Wildman–Crippen LogP) is 1.50. The summed E-state index contributed by atoms with van der Waals surface area (Å²) in [5.74, 6) is -2.87. The molecular formula is C8H7F3O4. The van der Waals surface area contributed by atoms with E-state index in [9.17, 15) is 18.0 Å². The average molecular weight is 224 g/mol. The molecule has 0 aliphatic rings. The van der Waals surface area contributed by atoms with Crippen molar-refractivity contribution >= 4 is 5.97 Å². The van der Waals surface area contributed by atoms with Crippen LogP contribution in [0.15, 0.2) is 16.5 Å². The third kappa shape index (κ3) is 2.50. The van der Waals surface area contributed by atoms with Crippen molar-refractivity contribution in [3.05, 3.63) is 23.7 Å². The molecule has 1 N–H and O–H groups in total. The average Bonchev–Trinajstić information content (AvgIpc) is 2.63. The van der Waals surface area contributed by atoms with Crippen molar-refractivity contribution in [1.82, 2.24) is 0 Å². The van der Waals surface area contributed by atoms with E-state index < -0.39 is 29.8 Å². The molecule has 1 rings (SSSR count). The summed E-state index contributed by atoms with van der Waals surface area (Å²) in [5.41, 5.74) is 0. The number of rotatable bonds is 2. The van der Waals surface area contributed by atoms with Crippen LogP contribution in [0, 0.1) is 0 Å². The van der Waals surface area contributed by atoms with Gasteiger partial charge in [-0.1, -0.05) is 0 Å². The van der Waals surface area contributed by atoms with Crippen molar-refractivity contribution in [1.29, 1.82) is 0 Å². The Morgan fingerprint density at radius 1 is 1.53 bits per heavy atom. The first-order chi connectivity index (χ1) is 6.86. The lowest BCUT2D eigenvalue weighted by atomic mass is 10.3. The number of ether oxygens (including phenoxy) is 1. The molecule has 0 saturated heterocycles. The Morgan fingerprint density at radius 3 is 2.53 bits per heavy atom. The molecule has 7 heteroatoms. The number of hydrogen-bond donors (Lipinski definition) is 1. The largest absolute Gasteiger partial charge is 0.467 e. The topological polar surface area (TPSA) is 59.7 Å². The lowest BCUT2D eigenvalue weighted by Gasteiger charge is -2.05.